The van der Waals surface area contributed by atoms with E-state index in [1.807, 2.05) is 6.07 Å². The zero-order valence-corrected chi connectivity index (χ0v) is 12.4. The molecule has 0 spiro atoms. The predicted octanol–water partition coefficient (Wildman–Crippen LogP) is 3.06. The van der Waals surface area contributed by atoms with Crippen molar-refractivity contribution in [2.75, 3.05) is 6.54 Å². The van der Waals surface area contributed by atoms with Gasteiger partial charge in [-0.25, -0.2) is 9.18 Å². The predicted molar refractivity (Wildman–Crippen MR) is 75.1 cm³/mol. The van der Waals surface area contributed by atoms with Crippen LogP contribution in [-0.2, 0) is 11.2 Å². The summed E-state index contributed by atoms with van der Waals surface area (Å²) in [6.45, 7) is 5.66. The summed E-state index contributed by atoms with van der Waals surface area (Å²) in [5, 5.41) is 0. The molecule has 0 N–H and O–H groups in total. The van der Waals surface area contributed by atoms with Crippen molar-refractivity contribution in [2.45, 2.75) is 45.0 Å². The minimum atomic E-state index is -1.70. The molecule has 1 heterocycles. The standard InChI is InChI=1S/C16H18FNO3/c1-16(2,3)21-15(20)18-8-7-9-5-4-6-10-11(9)13(18)12(17)14(10)19/h4-6,12-13H,7-8H2,1-3H3. The van der Waals surface area contributed by atoms with Crippen molar-refractivity contribution in [3.05, 3.63) is 34.9 Å². The van der Waals surface area contributed by atoms with E-state index >= 15 is 0 Å². The highest BCUT2D eigenvalue weighted by Gasteiger charge is 2.48. The molecule has 1 amide bonds. The number of halogens is 1. The van der Waals surface area contributed by atoms with Crippen LogP contribution in [0.15, 0.2) is 18.2 Å². The van der Waals surface area contributed by atoms with Gasteiger partial charge in [0.05, 0.1) is 0 Å². The molecule has 0 radical (unpaired) electrons. The molecule has 112 valence electrons. The molecule has 1 aliphatic heterocycles. The Kier molecular flexibility index (Phi) is 3.04. The van der Waals surface area contributed by atoms with Crippen molar-refractivity contribution in [3.63, 3.8) is 0 Å². The fourth-order valence-corrected chi connectivity index (χ4v) is 3.05. The molecule has 0 bridgehead atoms. The summed E-state index contributed by atoms with van der Waals surface area (Å²) < 4.78 is 19.8. The summed E-state index contributed by atoms with van der Waals surface area (Å²) in [5.41, 5.74) is 1.36. The molecule has 21 heavy (non-hydrogen) atoms. The highest BCUT2D eigenvalue weighted by molar-refractivity contribution is 6.05. The van der Waals surface area contributed by atoms with Crippen molar-refractivity contribution in [2.24, 2.45) is 0 Å². The SMILES string of the molecule is CC(C)(C)OC(=O)N1CCc2cccc3c2C1C(F)C3=O. The molecule has 0 aromatic heterocycles. The lowest BCUT2D eigenvalue weighted by molar-refractivity contribution is 0.00680. The normalized spacial score (nSPS) is 24.0. The lowest BCUT2D eigenvalue weighted by atomic mass is 9.93. The minimum absolute atomic E-state index is 0.365. The lowest BCUT2D eigenvalue weighted by Gasteiger charge is -2.36. The van der Waals surface area contributed by atoms with Crippen LogP contribution in [0.2, 0.25) is 0 Å². The second-order valence-electron chi connectivity index (χ2n) is 6.51. The number of amides is 1. The maximum atomic E-state index is 14.4. The van der Waals surface area contributed by atoms with Crippen molar-refractivity contribution in [1.82, 2.24) is 4.90 Å². The summed E-state index contributed by atoms with van der Waals surface area (Å²) in [7, 11) is 0. The van der Waals surface area contributed by atoms with Gasteiger partial charge in [0.25, 0.3) is 0 Å². The largest absolute Gasteiger partial charge is 0.444 e. The number of ketones is 1. The van der Waals surface area contributed by atoms with Gasteiger partial charge in [-0.1, -0.05) is 18.2 Å². The van der Waals surface area contributed by atoms with Gasteiger partial charge in [0, 0.05) is 12.1 Å². The van der Waals surface area contributed by atoms with Gasteiger partial charge < -0.3 is 4.74 Å². The average Bonchev–Trinajstić information content (AvgIpc) is 2.65. The number of hydrogen-bond donors (Lipinski definition) is 0. The van der Waals surface area contributed by atoms with E-state index in [-0.39, 0.29) is 0 Å². The second-order valence-corrected chi connectivity index (χ2v) is 6.51. The fourth-order valence-electron chi connectivity index (χ4n) is 3.05. The van der Waals surface area contributed by atoms with Crippen LogP contribution in [0, 0.1) is 0 Å². The van der Waals surface area contributed by atoms with Crippen LogP contribution in [0.4, 0.5) is 9.18 Å². The number of carbonyl (C=O) groups excluding carboxylic acids is 2. The van der Waals surface area contributed by atoms with Crippen LogP contribution >= 0.6 is 0 Å². The Morgan fingerprint density at radius 3 is 2.76 bits per heavy atom. The highest BCUT2D eigenvalue weighted by atomic mass is 19.1. The quantitative estimate of drug-likeness (QED) is 0.738. The highest BCUT2D eigenvalue weighted by Crippen LogP contribution is 2.43. The molecule has 2 unspecified atom stereocenters. The van der Waals surface area contributed by atoms with Crippen LogP contribution in [0.25, 0.3) is 0 Å². The zero-order chi connectivity index (χ0) is 15.4. The van der Waals surface area contributed by atoms with Crippen molar-refractivity contribution in [1.29, 1.82) is 0 Å². The molecule has 0 fully saturated rings. The molecule has 1 aliphatic carbocycles. The Hall–Kier alpha value is -1.91. The van der Waals surface area contributed by atoms with Crippen LogP contribution in [0.1, 0.15) is 48.3 Å². The maximum Gasteiger partial charge on any atom is 0.410 e. The van der Waals surface area contributed by atoms with E-state index in [0.29, 0.717) is 24.1 Å². The molecule has 1 aromatic carbocycles. The average molecular weight is 291 g/mol. The molecule has 1 aromatic rings. The van der Waals surface area contributed by atoms with E-state index < -0.39 is 29.7 Å². The molecule has 4 nitrogen and oxygen atoms in total. The number of ether oxygens (including phenoxy) is 1. The number of Topliss-reactive ketones (excluding diaryl/α,β-unsaturated/α-hetero) is 1. The van der Waals surface area contributed by atoms with E-state index in [1.54, 1.807) is 32.9 Å². The molecule has 2 aliphatic rings. The molecular formula is C16H18FNO3. The van der Waals surface area contributed by atoms with Gasteiger partial charge >= 0.3 is 6.09 Å². The van der Waals surface area contributed by atoms with E-state index in [4.69, 9.17) is 4.74 Å². The number of nitrogens with zero attached hydrogens (tertiary/aromatic N) is 1. The third-order valence-electron chi connectivity index (χ3n) is 3.87. The molecule has 0 saturated heterocycles. The van der Waals surface area contributed by atoms with Crippen LogP contribution in [-0.4, -0.2) is 35.1 Å². The summed E-state index contributed by atoms with van der Waals surface area (Å²) in [6.07, 6.45) is -1.65. The lowest BCUT2D eigenvalue weighted by Crippen LogP contribution is -2.45. The van der Waals surface area contributed by atoms with E-state index in [9.17, 15) is 14.0 Å². The third-order valence-corrected chi connectivity index (χ3v) is 3.87. The molecule has 5 heteroatoms. The van der Waals surface area contributed by atoms with Crippen LogP contribution < -0.4 is 0 Å². The first-order valence-electron chi connectivity index (χ1n) is 7.09. The first-order valence-corrected chi connectivity index (χ1v) is 7.09. The Morgan fingerprint density at radius 1 is 1.38 bits per heavy atom. The first kappa shape index (κ1) is 14.0. The van der Waals surface area contributed by atoms with Gasteiger partial charge in [-0.2, -0.15) is 0 Å². The Morgan fingerprint density at radius 2 is 2.10 bits per heavy atom. The Bertz CT molecular complexity index is 620. The first-order chi connectivity index (χ1) is 9.79. The Labute approximate surface area is 122 Å². The minimum Gasteiger partial charge on any atom is -0.444 e. The number of benzene rings is 1. The summed E-state index contributed by atoms with van der Waals surface area (Å²) in [4.78, 5) is 25.7. The number of rotatable bonds is 0. The van der Waals surface area contributed by atoms with Gasteiger partial charge in [-0.3, -0.25) is 9.69 Å². The van der Waals surface area contributed by atoms with Crippen LogP contribution in [0.5, 0.6) is 0 Å². The smallest absolute Gasteiger partial charge is 0.410 e. The van der Waals surface area contributed by atoms with Gasteiger partial charge in [0.15, 0.2) is 12.0 Å². The number of hydrogen-bond acceptors (Lipinski definition) is 3. The van der Waals surface area contributed by atoms with E-state index in [0.717, 1.165) is 5.56 Å². The summed E-state index contributed by atoms with van der Waals surface area (Å²) in [6, 6.07) is 4.45. The maximum absolute atomic E-state index is 14.4. The molecule has 3 rings (SSSR count). The van der Waals surface area contributed by atoms with Crippen molar-refractivity contribution in [3.8, 4) is 0 Å². The van der Waals surface area contributed by atoms with Gasteiger partial charge in [-0.15, -0.1) is 0 Å². The van der Waals surface area contributed by atoms with E-state index in [1.165, 1.54) is 4.90 Å². The summed E-state index contributed by atoms with van der Waals surface area (Å²) >= 11 is 0. The zero-order valence-electron chi connectivity index (χ0n) is 12.4. The number of alkyl halides is 1. The molecule has 2 atom stereocenters. The van der Waals surface area contributed by atoms with Crippen LogP contribution in [0.3, 0.4) is 0 Å². The van der Waals surface area contributed by atoms with Gasteiger partial charge in [0.1, 0.15) is 11.6 Å². The van der Waals surface area contributed by atoms with Gasteiger partial charge in [-0.05, 0) is 38.3 Å². The second kappa shape index (κ2) is 4.55. The molecular weight excluding hydrogens is 273 g/mol. The Balaban J connectivity index is 1.99. The third kappa shape index (κ3) is 2.20. The summed E-state index contributed by atoms with van der Waals surface area (Å²) in [5.74, 6) is -0.535. The fraction of sp³-hybridized carbons (Fsp3) is 0.500. The van der Waals surface area contributed by atoms with E-state index in [2.05, 4.69) is 0 Å². The topological polar surface area (TPSA) is 46.6 Å². The van der Waals surface area contributed by atoms with Crippen molar-refractivity contribution < 1.29 is 18.7 Å². The van der Waals surface area contributed by atoms with Crippen molar-refractivity contribution >= 4 is 11.9 Å². The van der Waals surface area contributed by atoms with Gasteiger partial charge in [0.2, 0.25) is 0 Å². The molecule has 0 saturated carbocycles. The number of carbonyl (C=O) groups is 2. The monoisotopic (exact) mass is 291 g/mol.